The van der Waals surface area contributed by atoms with Crippen LogP contribution in [0.2, 0.25) is 0 Å². The van der Waals surface area contributed by atoms with Gasteiger partial charge in [-0.05, 0) is 0 Å². The molecule has 0 saturated carbocycles. The molecule has 0 bridgehead atoms. The molecule has 0 amide bonds. The van der Waals surface area contributed by atoms with Crippen molar-refractivity contribution in [3.05, 3.63) is 30.6 Å². The molecule has 4 unspecified atom stereocenters. The molecule has 2 fully saturated rings. The van der Waals surface area contributed by atoms with Crippen molar-refractivity contribution < 1.29 is 37.3 Å². The first-order valence-electron chi connectivity index (χ1n) is 11.6. The summed E-state index contributed by atoms with van der Waals surface area (Å²) in [7, 11) is 1.86. The summed E-state index contributed by atoms with van der Waals surface area (Å²) in [6.45, 7) is 1.29. The topological polar surface area (TPSA) is 149 Å². The Bertz CT molecular complexity index is 1140. The average molecular weight is 553 g/mol. The van der Waals surface area contributed by atoms with Gasteiger partial charge in [0.05, 0.1) is 7.11 Å². The van der Waals surface area contributed by atoms with Crippen molar-refractivity contribution in [2.24, 2.45) is 0 Å². The predicted octanol–water partition coefficient (Wildman–Crippen LogP) is 1.11. The van der Waals surface area contributed by atoms with E-state index in [0.717, 1.165) is 10.6 Å². The van der Waals surface area contributed by atoms with Crippen LogP contribution >= 0.6 is 19.6 Å². The van der Waals surface area contributed by atoms with Gasteiger partial charge in [0.15, 0.2) is 0 Å². The SMILES string of the molecule is B[PH]1(OCOC(C)=O)OCC2OC(N3c4ncnc(N)c4NC3Sc3ccc(OC)cc3)C(OC)[C@@H]2O1. The van der Waals surface area contributed by atoms with Gasteiger partial charge in [-0.15, -0.1) is 0 Å². The van der Waals surface area contributed by atoms with Gasteiger partial charge in [-0.3, -0.25) is 0 Å². The van der Waals surface area contributed by atoms with Gasteiger partial charge in [-0.1, -0.05) is 0 Å². The number of nitrogens with zero attached hydrogens (tertiary/aromatic N) is 3. The average Bonchev–Trinajstić information content (AvgIpc) is 3.41. The van der Waals surface area contributed by atoms with Gasteiger partial charge >= 0.3 is 212 Å². The summed E-state index contributed by atoms with van der Waals surface area (Å²) in [6, 6.07) is 7.74. The normalized spacial score (nSPS) is 28.6. The number of nitrogen functional groups attached to an aromatic ring is 1. The fourth-order valence-corrected chi connectivity index (χ4v) is 7.22. The van der Waals surface area contributed by atoms with Crippen LogP contribution in [-0.2, 0) is 32.6 Å². The molecule has 2 aromatic rings. The Hall–Kier alpha value is -2.39. The number of benzene rings is 1. The molecule has 5 rings (SSSR count). The summed E-state index contributed by atoms with van der Waals surface area (Å²) in [5.74, 6) is 1.24. The number of esters is 1. The third-order valence-electron chi connectivity index (χ3n) is 6.20. The van der Waals surface area contributed by atoms with Crippen molar-refractivity contribution in [3.63, 3.8) is 0 Å². The van der Waals surface area contributed by atoms with Gasteiger partial charge in [0.25, 0.3) is 0 Å². The molecule has 37 heavy (non-hydrogen) atoms. The van der Waals surface area contributed by atoms with Crippen molar-refractivity contribution in [2.45, 2.75) is 41.9 Å². The molecule has 0 spiro atoms. The molecule has 5 atom stereocenters. The Morgan fingerprint density at radius 3 is 2.81 bits per heavy atom. The van der Waals surface area contributed by atoms with Crippen LogP contribution in [0.4, 0.5) is 17.3 Å². The second kappa shape index (κ2) is 10.8. The molecule has 13 nitrogen and oxygen atoms in total. The Kier molecular flexibility index (Phi) is 7.64. The molecule has 3 aliphatic heterocycles. The van der Waals surface area contributed by atoms with Crippen LogP contribution in [0.5, 0.6) is 5.75 Å². The number of aromatic nitrogens is 2. The number of fused-ring (bicyclic) bond motifs is 2. The Balaban J connectivity index is 1.40. The number of carbonyl (C=O) groups excluding carboxylic acids is 1. The molecule has 16 heteroatoms. The molecule has 200 valence electrons. The van der Waals surface area contributed by atoms with Crippen LogP contribution in [0.3, 0.4) is 0 Å². The molecule has 4 heterocycles. The van der Waals surface area contributed by atoms with Crippen molar-refractivity contribution in [3.8, 4) is 5.75 Å². The van der Waals surface area contributed by atoms with Crippen LogP contribution in [0.25, 0.3) is 0 Å². The van der Waals surface area contributed by atoms with E-state index in [1.807, 2.05) is 29.2 Å². The molecule has 0 radical (unpaired) electrons. The van der Waals surface area contributed by atoms with E-state index in [4.69, 9.17) is 38.3 Å². The second-order valence-electron chi connectivity index (χ2n) is 8.57. The van der Waals surface area contributed by atoms with Crippen LogP contribution < -0.4 is 20.7 Å². The molecule has 1 aromatic carbocycles. The third-order valence-corrected chi connectivity index (χ3v) is 9.35. The molecule has 1 aromatic heterocycles. The molecular weight excluding hydrogens is 524 g/mol. The molecular formula is C21H29BN5O8PS. The first-order chi connectivity index (χ1) is 17.8. The van der Waals surface area contributed by atoms with E-state index in [1.165, 1.54) is 13.3 Å². The van der Waals surface area contributed by atoms with E-state index in [9.17, 15) is 4.79 Å². The number of nitrogens with one attached hydrogen (secondary N) is 1. The number of anilines is 3. The number of thioether (sulfide) groups is 1. The summed E-state index contributed by atoms with van der Waals surface area (Å²) in [5, 5.41) is 3.42. The fraction of sp³-hybridized carbons (Fsp3) is 0.476. The van der Waals surface area contributed by atoms with Gasteiger partial charge in [0.1, 0.15) is 0 Å². The summed E-state index contributed by atoms with van der Waals surface area (Å²) >= 11 is 1.55. The summed E-state index contributed by atoms with van der Waals surface area (Å²) < 4.78 is 40.5. The van der Waals surface area contributed by atoms with E-state index in [-0.39, 0.29) is 18.9 Å². The zero-order valence-corrected chi connectivity index (χ0v) is 22.6. The van der Waals surface area contributed by atoms with Crippen LogP contribution in [0.15, 0.2) is 35.5 Å². The van der Waals surface area contributed by atoms with Crippen molar-refractivity contribution in [1.82, 2.24) is 9.97 Å². The maximum atomic E-state index is 11.1. The molecule has 3 N–H and O–H groups in total. The standard InChI is InChI=1S/C21H29BN5O8PS/c1-11(28)31-10-33-36(22)32-8-14-16(35-36)17(30-3)20(34-14)27-19-15(18(23)24-9-25-19)26-21(27)37-13-6-4-12(29-2)5-7-13/h4-7,9,14,16-17,20-21,26,36H,8,10,22H2,1-3H3,(H2,23,24,25)/t14?,16-,17?,20?,21?/m1/s1. The minimum absolute atomic E-state index is 0.236. The third kappa shape index (κ3) is 5.30. The Morgan fingerprint density at radius 1 is 1.32 bits per heavy atom. The first-order valence-corrected chi connectivity index (χ1v) is 14.7. The maximum absolute atomic E-state index is 11.1. The quantitative estimate of drug-likeness (QED) is 0.208. The summed E-state index contributed by atoms with van der Waals surface area (Å²) in [4.78, 5) is 22.7. The van der Waals surface area contributed by atoms with Crippen LogP contribution in [-0.4, -0.2) is 81.2 Å². The van der Waals surface area contributed by atoms with E-state index in [0.29, 0.717) is 17.3 Å². The van der Waals surface area contributed by atoms with E-state index < -0.39 is 38.3 Å². The van der Waals surface area contributed by atoms with Gasteiger partial charge in [-0.2, -0.15) is 0 Å². The first kappa shape index (κ1) is 26.2. The van der Waals surface area contributed by atoms with Crippen LogP contribution in [0, 0.1) is 0 Å². The van der Waals surface area contributed by atoms with Gasteiger partial charge in [0, 0.05) is 0 Å². The number of methoxy groups -OCH3 is 2. The molecule has 2 saturated heterocycles. The number of hydrogen-bond acceptors (Lipinski definition) is 14. The Morgan fingerprint density at radius 2 is 2.11 bits per heavy atom. The second-order valence-corrected chi connectivity index (χ2v) is 12.3. The fourth-order valence-electron chi connectivity index (χ4n) is 4.42. The van der Waals surface area contributed by atoms with E-state index in [2.05, 4.69) is 15.3 Å². The minimum atomic E-state index is -3.12. The number of ether oxygens (including phenoxy) is 4. The number of carbonyl (C=O) groups is 1. The van der Waals surface area contributed by atoms with Crippen molar-refractivity contribution in [1.29, 1.82) is 0 Å². The number of hydrogen-bond donors (Lipinski definition) is 2. The van der Waals surface area contributed by atoms with Crippen LogP contribution in [0.1, 0.15) is 6.92 Å². The van der Waals surface area contributed by atoms with E-state index >= 15 is 0 Å². The van der Waals surface area contributed by atoms with Crippen molar-refractivity contribution in [2.75, 3.05) is 43.6 Å². The van der Waals surface area contributed by atoms with Gasteiger partial charge in [0.2, 0.25) is 0 Å². The predicted molar refractivity (Wildman–Crippen MR) is 140 cm³/mol. The Labute approximate surface area is 219 Å². The summed E-state index contributed by atoms with van der Waals surface area (Å²) in [6.07, 6.45) is -0.581. The zero-order valence-electron chi connectivity index (χ0n) is 20.8. The monoisotopic (exact) mass is 553 g/mol. The summed E-state index contributed by atoms with van der Waals surface area (Å²) in [5.41, 5.74) is 6.46. The number of nitrogens with two attached hydrogens (primary N) is 1. The molecule has 3 aliphatic rings. The molecule has 0 aliphatic carbocycles. The van der Waals surface area contributed by atoms with E-state index in [1.54, 1.807) is 33.5 Å². The van der Waals surface area contributed by atoms with Gasteiger partial charge in [-0.25, -0.2) is 0 Å². The van der Waals surface area contributed by atoms with Crippen molar-refractivity contribution >= 4 is 50.4 Å². The number of rotatable bonds is 8. The van der Waals surface area contributed by atoms with Gasteiger partial charge < -0.3 is 0 Å². The zero-order chi connectivity index (χ0) is 26.2.